The third-order valence-electron chi connectivity index (χ3n) is 4.92. The molecule has 1 fully saturated rings. The van der Waals surface area contributed by atoms with Gasteiger partial charge in [0.25, 0.3) is 5.91 Å². The fourth-order valence-electron chi connectivity index (χ4n) is 3.13. The van der Waals surface area contributed by atoms with Gasteiger partial charge in [-0.25, -0.2) is 4.79 Å². The molecule has 1 unspecified atom stereocenters. The minimum Gasteiger partial charge on any atom is -0.497 e. The van der Waals surface area contributed by atoms with Crippen LogP contribution in [0.3, 0.4) is 0 Å². The molecule has 7 heteroatoms. The lowest BCUT2D eigenvalue weighted by Gasteiger charge is -2.21. The van der Waals surface area contributed by atoms with Crippen molar-refractivity contribution in [1.82, 2.24) is 15.4 Å². The van der Waals surface area contributed by atoms with Crippen LogP contribution in [0.1, 0.15) is 35.9 Å². The summed E-state index contributed by atoms with van der Waals surface area (Å²) in [6, 6.07) is 7.32. The number of rotatable bonds is 6. The molecule has 2 aromatic rings. The van der Waals surface area contributed by atoms with E-state index in [2.05, 4.69) is 10.5 Å². The summed E-state index contributed by atoms with van der Waals surface area (Å²) in [7, 11) is 1.62. The Balaban J connectivity index is 1.70. The second kappa shape index (κ2) is 6.82. The van der Waals surface area contributed by atoms with Gasteiger partial charge in [0.2, 0.25) is 0 Å². The summed E-state index contributed by atoms with van der Waals surface area (Å²) in [6.45, 7) is 5.51. The summed E-state index contributed by atoms with van der Waals surface area (Å²) < 4.78 is 10.3. The molecule has 3 rings (SSSR count). The van der Waals surface area contributed by atoms with E-state index in [4.69, 9.17) is 9.26 Å². The Morgan fingerprint density at radius 1 is 1.23 bits per heavy atom. The summed E-state index contributed by atoms with van der Waals surface area (Å²) in [5.41, 5.74) is 1.62. The number of carbonyl (C=O) groups is 2. The van der Waals surface area contributed by atoms with Gasteiger partial charge in [0.05, 0.1) is 19.3 Å². The molecule has 0 radical (unpaired) electrons. The number of hydrogen-bond acceptors (Lipinski definition) is 5. The summed E-state index contributed by atoms with van der Waals surface area (Å²) in [4.78, 5) is 26.5. The molecule has 0 bridgehead atoms. The molecule has 7 nitrogen and oxygen atoms in total. The second-order valence-electron chi connectivity index (χ2n) is 6.80. The van der Waals surface area contributed by atoms with Crippen LogP contribution in [-0.4, -0.2) is 34.6 Å². The first-order valence-corrected chi connectivity index (χ1v) is 8.53. The minimum absolute atomic E-state index is 0.171. The molecule has 1 aliphatic rings. The topological polar surface area (TPSA) is 84.7 Å². The number of amides is 3. The molecule has 0 spiro atoms. The zero-order valence-electron chi connectivity index (χ0n) is 15.5. The fourth-order valence-corrected chi connectivity index (χ4v) is 3.13. The molecule has 1 saturated heterocycles. The van der Waals surface area contributed by atoms with Crippen molar-refractivity contribution in [3.05, 3.63) is 46.8 Å². The average Bonchev–Trinajstić information content (AvgIpc) is 3.05. The number of hydrogen-bond donors (Lipinski definition) is 1. The predicted molar refractivity (Wildman–Crippen MR) is 94.8 cm³/mol. The maximum Gasteiger partial charge on any atom is 0.325 e. The van der Waals surface area contributed by atoms with Crippen LogP contribution in [-0.2, 0) is 17.8 Å². The van der Waals surface area contributed by atoms with Gasteiger partial charge in [0, 0.05) is 5.56 Å². The predicted octanol–water partition coefficient (Wildman–Crippen LogP) is 2.74. The van der Waals surface area contributed by atoms with Crippen molar-refractivity contribution in [3.8, 4) is 5.75 Å². The summed E-state index contributed by atoms with van der Waals surface area (Å²) in [5.74, 6) is 1.18. The zero-order valence-corrected chi connectivity index (χ0v) is 15.5. The van der Waals surface area contributed by atoms with Gasteiger partial charge in [-0.05, 0) is 51.3 Å². The molecule has 138 valence electrons. The molecular weight excluding hydrogens is 334 g/mol. The Labute approximate surface area is 152 Å². The maximum absolute atomic E-state index is 12.9. The van der Waals surface area contributed by atoms with Crippen LogP contribution in [0.25, 0.3) is 0 Å². The molecule has 0 saturated carbocycles. The van der Waals surface area contributed by atoms with E-state index in [-0.39, 0.29) is 18.5 Å². The summed E-state index contributed by atoms with van der Waals surface area (Å²) in [5, 5.41) is 6.72. The van der Waals surface area contributed by atoms with Crippen molar-refractivity contribution in [1.29, 1.82) is 0 Å². The molecule has 1 aromatic carbocycles. The van der Waals surface area contributed by atoms with E-state index in [1.807, 2.05) is 24.3 Å². The lowest BCUT2D eigenvalue weighted by atomic mass is 9.93. The zero-order chi connectivity index (χ0) is 18.9. The largest absolute Gasteiger partial charge is 0.497 e. The van der Waals surface area contributed by atoms with E-state index < -0.39 is 5.54 Å². The monoisotopic (exact) mass is 357 g/mol. The Kier molecular flexibility index (Phi) is 4.71. The van der Waals surface area contributed by atoms with Gasteiger partial charge >= 0.3 is 6.03 Å². The third kappa shape index (κ3) is 3.29. The van der Waals surface area contributed by atoms with Gasteiger partial charge in [-0.2, -0.15) is 0 Å². The van der Waals surface area contributed by atoms with Gasteiger partial charge in [-0.3, -0.25) is 9.69 Å². The number of ether oxygens (including phenoxy) is 1. The fraction of sp³-hybridized carbons (Fsp3) is 0.421. The van der Waals surface area contributed by atoms with Crippen LogP contribution in [0, 0.1) is 13.8 Å². The van der Waals surface area contributed by atoms with Crippen molar-refractivity contribution in [2.24, 2.45) is 0 Å². The van der Waals surface area contributed by atoms with E-state index >= 15 is 0 Å². The Hall–Kier alpha value is -2.83. The molecule has 0 aliphatic carbocycles. The maximum atomic E-state index is 12.9. The first kappa shape index (κ1) is 18.0. The lowest BCUT2D eigenvalue weighted by Crippen LogP contribution is -2.44. The molecular formula is C19H23N3O4. The SMILES string of the molecule is COc1ccc(CCC2(C)NC(=O)N(Cc3c(C)noc3C)C2=O)cc1. The van der Waals surface area contributed by atoms with Crippen molar-refractivity contribution >= 4 is 11.9 Å². The lowest BCUT2D eigenvalue weighted by molar-refractivity contribution is -0.131. The number of aryl methyl sites for hydroxylation is 3. The quantitative estimate of drug-likeness (QED) is 0.804. The molecule has 1 aromatic heterocycles. The van der Waals surface area contributed by atoms with Crippen molar-refractivity contribution in [2.45, 2.75) is 45.7 Å². The number of aromatic nitrogens is 1. The Bertz CT molecular complexity index is 808. The summed E-state index contributed by atoms with van der Waals surface area (Å²) >= 11 is 0. The van der Waals surface area contributed by atoms with Crippen molar-refractivity contribution < 1.29 is 18.8 Å². The molecule has 1 N–H and O–H groups in total. The van der Waals surface area contributed by atoms with E-state index in [1.54, 1.807) is 27.9 Å². The molecule has 26 heavy (non-hydrogen) atoms. The highest BCUT2D eigenvalue weighted by Crippen LogP contribution is 2.26. The molecule has 1 aliphatic heterocycles. The third-order valence-corrected chi connectivity index (χ3v) is 4.92. The number of nitrogens with one attached hydrogen (secondary N) is 1. The van der Waals surface area contributed by atoms with Gasteiger partial charge < -0.3 is 14.6 Å². The number of methoxy groups -OCH3 is 1. The van der Waals surface area contributed by atoms with E-state index in [9.17, 15) is 9.59 Å². The number of nitrogens with zero attached hydrogens (tertiary/aromatic N) is 2. The smallest absolute Gasteiger partial charge is 0.325 e. The number of carbonyl (C=O) groups excluding carboxylic acids is 2. The van der Waals surface area contributed by atoms with Crippen LogP contribution in [0.2, 0.25) is 0 Å². The molecule has 3 amide bonds. The highest BCUT2D eigenvalue weighted by molar-refractivity contribution is 6.06. The van der Waals surface area contributed by atoms with Crippen LogP contribution < -0.4 is 10.1 Å². The average molecular weight is 357 g/mol. The normalized spacial score (nSPS) is 19.8. The van der Waals surface area contributed by atoms with Gasteiger partial charge in [0.1, 0.15) is 17.0 Å². The van der Waals surface area contributed by atoms with Gasteiger partial charge in [-0.1, -0.05) is 17.3 Å². The van der Waals surface area contributed by atoms with Crippen molar-refractivity contribution in [2.75, 3.05) is 7.11 Å². The van der Waals surface area contributed by atoms with E-state index in [0.717, 1.165) is 16.9 Å². The van der Waals surface area contributed by atoms with Crippen LogP contribution in [0.5, 0.6) is 5.75 Å². The van der Waals surface area contributed by atoms with E-state index in [0.29, 0.717) is 24.3 Å². The summed E-state index contributed by atoms with van der Waals surface area (Å²) in [6.07, 6.45) is 1.19. The molecule has 1 atom stereocenters. The Morgan fingerprint density at radius 3 is 2.50 bits per heavy atom. The molecule has 2 heterocycles. The Morgan fingerprint density at radius 2 is 1.92 bits per heavy atom. The van der Waals surface area contributed by atoms with Crippen molar-refractivity contribution in [3.63, 3.8) is 0 Å². The first-order valence-electron chi connectivity index (χ1n) is 8.53. The second-order valence-corrected chi connectivity index (χ2v) is 6.80. The highest BCUT2D eigenvalue weighted by atomic mass is 16.5. The van der Waals surface area contributed by atoms with Gasteiger partial charge in [-0.15, -0.1) is 0 Å². The first-order chi connectivity index (χ1) is 12.3. The van der Waals surface area contributed by atoms with Gasteiger partial charge in [0.15, 0.2) is 0 Å². The highest BCUT2D eigenvalue weighted by Gasteiger charge is 2.47. The van der Waals surface area contributed by atoms with Crippen LogP contribution in [0.4, 0.5) is 4.79 Å². The van der Waals surface area contributed by atoms with E-state index in [1.165, 1.54) is 4.90 Å². The number of imide groups is 1. The van der Waals surface area contributed by atoms with Crippen LogP contribution >= 0.6 is 0 Å². The number of benzene rings is 1. The standard InChI is InChI=1S/C19H23N3O4/c1-12-16(13(2)26-21-12)11-22-17(23)19(3,20-18(22)24)10-9-14-5-7-15(25-4)8-6-14/h5-8H,9-11H2,1-4H3,(H,20,24). The number of urea groups is 1. The minimum atomic E-state index is -0.921. The van der Waals surface area contributed by atoms with Crippen LogP contribution in [0.15, 0.2) is 28.8 Å².